The van der Waals surface area contributed by atoms with Crippen LogP contribution in [0.4, 0.5) is 4.39 Å². The molecule has 0 aliphatic carbocycles. The molecule has 0 amide bonds. The van der Waals surface area contributed by atoms with Gasteiger partial charge in [-0.2, -0.15) is 0 Å². The van der Waals surface area contributed by atoms with E-state index in [1.54, 1.807) is 12.1 Å². The van der Waals surface area contributed by atoms with Gasteiger partial charge in [0.1, 0.15) is 5.82 Å². The van der Waals surface area contributed by atoms with E-state index in [1.165, 1.54) is 12.1 Å². The smallest absolute Gasteiger partial charge is 0.123 e. The lowest BCUT2D eigenvalue weighted by atomic mass is 10.0. The van der Waals surface area contributed by atoms with Crippen molar-refractivity contribution in [3.05, 3.63) is 70.5 Å². The first-order chi connectivity index (χ1) is 10.0. The summed E-state index contributed by atoms with van der Waals surface area (Å²) in [6, 6.07) is 14.4. The molecule has 0 fully saturated rings. The molecule has 112 valence electrons. The van der Waals surface area contributed by atoms with Crippen molar-refractivity contribution in [2.75, 3.05) is 13.6 Å². The van der Waals surface area contributed by atoms with E-state index in [0.717, 1.165) is 16.1 Å². The standard InChI is InChI=1S/C17H20ClFN2/c1-12(15-5-3-4-6-16(15)18)21(2)17(11-20)13-7-9-14(19)10-8-13/h3-10,12,17H,11,20H2,1-2H3. The van der Waals surface area contributed by atoms with Gasteiger partial charge in [-0.25, -0.2) is 4.39 Å². The van der Waals surface area contributed by atoms with Gasteiger partial charge in [-0.15, -0.1) is 0 Å². The highest BCUT2D eigenvalue weighted by atomic mass is 35.5. The number of hydrogen-bond donors (Lipinski definition) is 1. The topological polar surface area (TPSA) is 29.3 Å². The molecule has 0 aromatic heterocycles. The lowest BCUT2D eigenvalue weighted by Crippen LogP contribution is -2.32. The quantitative estimate of drug-likeness (QED) is 0.898. The van der Waals surface area contributed by atoms with E-state index in [2.05, 4.69) is 11.8 Å². The minimum atomic E-state index is -0.240. The molecule has 0 spiro atoms. The Morgan fingerprint density at radius 1 is 1.14 bits per heavy atom. The maximum absolute atomic E-state index is 13.1. The minimum Gasteiger partial charge on any atom is -0.329 e. The van der Waals surface area contributed by atoms with Crippen molar-refractivity contribution in [2.45, 2.75) is 19.0 Å². The summed E-state index contributed by atoms with van der Waals surface area (Å²) >= 11 is 6.27. The highest BCUT2D eigenvalue weighted by Gasteiger charge is 2.22. The molecule has 0 radical (unpaired) electrons. The molecule has 21 heavy (non-hydrogen) atoms. The Kier molecular flexibility index (Phi) is 5.34. The fraction of sp³-hybridized carbons (Fsp3) is 0.294. The maximum atomic E-state index is 13.1. The summed E-state index contributed by atoms with van der Waals surface area (Å²) in [5.74, 6) is -0.240. The monoisotopic (exact) mass is 306 g/mol. The highest BCUT2D eigenvalue weighted by molar-refractivity contribution is 6.31. The number of rotatable bonds is 5. The average Bonchev–Trinajstić information content (AvgIpc) is 2.49. The van der Waals surface area contributed by atoms with Crippen molar-refractivity contribution in [3.8, 4) is 0 Å². The van der Waals surface area contributed by atoms with Gasteiger partial charge in [0, 0.05) is 23.7 Å². The van der Waals surface area contributed by atoms with Crippen molar-refractivity contribution < 1.29 is 4.39 Å². The molecule has 0 bridgehead atoms. The predicted molar refractivity (Wildman–Crippen MR) is 85.8 cm³/mol. The van der Waals surface area contributed by atoms with Crippen LogP contribution in [0.25, 0.3) is 0 Å². The van der Waals surface area contributed by atoms with Gasteiger partial charge in [0.05, 0.1) is 0 Å². The molecular weight excluding hydrogens is 287 g/mol. The van der Waals surface area contributed by atoms with Crippen LogP contribution in [0.1, 0.15) is 30.1 Å². The number of nitrogens with zero attached hydrogens (tertiary/aromatic N) is 1. The number of nitrogens with two attached hydrogens (primary N) is 1. The largest absolute Gasteiger partial charge is 0.329 e. The van der Waals surface area contributed by atoms with Crippen LogP contribution < -0.4 is 5.73 Å². The van der Waals surface area contributed by atoms with Crippen LogP contribution in [-0.2, 0) is 0 Å². The summed E-state index contributed by atoms with van der Waals surface area (Å²) in [5.41, 5.74) is 7.99. The zero-order valence-corrected chi connectivity index (χ0v) is 13.0. The van der Waals surface area contributed by atoms with Crippen LogP contribution in [0.15, 0.2) is 48.5 Å². The zero-order valence-electron chi connectivity index (χ0n) is 12.3. The lowest BCUT2D eigenvalue weighted by Gasteiger charge is -2.33. The fourth-order valence-electron chi connectivity index (χ4n) is 2.53. The number of likely N-dealkylation sites (N-methyl/N-ethyl adjacent to an activating group) is 1. The van der Waals surface area contributed by atoms with Crippen molar-refractivity contribution in [1.29, 1.82) is 0 Å². The molecule has 2 unspecified atom stereocenters. The molecule has 0 heterocycles. The molecular formula is C17H20ClFN2. The van der Waals surface area contributed by atoms with E-state index in [0.29, 0.717) is 6.54 Å². The Balaban J connectivity index is 2.25. The first-order valence-corrected chi connectivity index (χ1v) is 7.34. The third-order valence-corrected chi connectivity index (χ3v) is 4.28. The van der Waals surface area contributed by atoms with Gasteiger partial charge in [-0.05, 0) is 43.3 Å². The molecule has 2 nitrogen and oxygen atoms in total. The van der Waals surface area contributed by atoms with Gasteiger partial charge in [0.2, 0.25) is 0 Å². The summed E-state index contributed by atoms with van der Waals surface area (Å²) in [5, 5.41) is 0.742. The Morgan fingerprint density at radius 2 is 1.76 bits per heavy atom. The van der Waals surface area contributed by atoms with Gasteiger partial charge < -0.3 is 5.73 Å². The first kappa shape index (κ1) is 16.0. The van der Waals surface area contributed by atoms with Crippen LogP contribution >= 0.6 is 11.6 Å². The summed E-state index contributed by atoms with van der Waals surface area (Å²) in [6.07, 6.45) is 0. The summed E-state index contributed by atoms with van der Waals surface area (Å²) in [7, 11) is 2.01. The van der Waals surface area contributed by atoms with Gasteiger partial charge in [-0.3, -0.25) is 4.90 Å². The lowest BCUT2D eigenvalue weighted by molar-refractivity contribution is 0.190. The third kappa shape index (κ3) is 3.62. The first-order valence-electron chi connectivity index (χ1n) is 6.96. The molecule has 0 aliphatic rings. The fourth-order valence-corrected chi connectivity index (χ4v) is 2.82. The second kappa shape index (κ2) is 7.03. The van der Waals surface area contributed by atoms with E-state index in [-0.39, 0.29) is 17.9 Å². The number of hydrogen-bond acceptors (Lipinski definition) is 2. The third-order valence-electron chi connectivity index (χ3n) is 3.94. The molecule has 0 saturated carbocycles. The van der Waals surface area contributed by atoms with Crippen molar-refractivity contribution in [1.82, 2.24) is 4.90 Å². The second-order valence-electron chi connectivity index (χ2n) is 5.17. The van der Waals surface area contributed by atoms with Gasteiger partial charge >= 0.3 is 0 Å². The SMILES string of the molecule is CC(c1ccccc1Cl)N(C)C(CN)c1ccc(F)cc1. The zero-order chi connectivity index (χ0) is 15.4. The number of benzene rings is 2. The van der Waals surface area contributed by atoms with E-state index < -0.39 is 0 Å². The van der Waals surface area contributed by atoms with Crippen molar-refractivity contribution in [3.63, 3.8) is 0 Å². The van der Waals surface area contributed by atoms with Crippen molar-refractivity contribution >= 4 is 11.6 Å². The van der Waals surface area contributed by atoms with Gasteiger partial charge in [0.15, 0.2) is 0 Å². The molecule has 2 aromatic rings. The molecule has 4 heteroatoms. The van der Waals surface area contributed by atoms with Crippen LogP contribution in [0.3, 0.4) is 0 Å². The summed E-state index contributed by atoms with van der Waals surface area (Å²) in [4.78, 5) is 2.16. The Morgan fingerprint density at radius 3 is 2.33 bits per heavy atom. The Labute approximate surface area is 130 Å². The van der Waals surface area contributed by atoms with E-state index in [9.17, 15) is 4.39 Å². The van der Waals surface area contributed by atoms with Crippen LogP contribution in [0.5, 0.6) is 0 Å². The normalized spacial score (nSPS) is 14.2. The molecule has 2 N–H and O–H groups in total. The number of halogens is 2. The van der Waals surface area contributed by atoms with E-state index in [4.69, 9.17) is 17.3 Å². The summed E-state index contributed by atoms with van der Waals surface area (Å²) in [6.45, 7) is 2.55. The average molecular weight is 307 g/mol. The highest BCUT2D eigenvalue weighted by Crippen LogP contribution is 2.31. The predicted octanol–water partition coefficient (Wildman–Crippen LogP) is 4.17. The second-order valence-corrected chi connectivity index (χ2v) is 5.57. The Bertz CT molecular complexity index is 586. The molecule has 2 aromatic carbocycles. The van der Waals surface area contributed by atoms with Crippen LogP contribution in [-0.4, -0.2) is 18.5 Å². The van der Waals surface area contributed by atoms with Gasteiger partial charge in [0.25, 0.3) is 0 Å². The summed E-state index contributed by atoms with van der Waals surface area (Å²) < 4.78 is 13.1. The van der Waals surface area contributed by atoms with Crippen LogP contribution in [0, 0.1) is 5.82 Å². The molecule has 2 atom stereocenters. The molecule has 2 rings (SSSR count). The minimum absolute atomic E-state index is 0.0110. The molecule has 0 aliphatic heterocycles. The van der Waals surface area contributed by atoms with Crippen molar-refractivity contribution in [2.24, 2.45) is 5.73 Å². The molecule has 0 saturated heterocycles. The Hall–Kier alpha value is -1.42. The van der Waals surface area contributed by atoms with E-state index >= 15 is 0 Å². The van der Waals surface area contributed by atoms with Gasteiger partial charge in [-0.1, -0.05) is 41.9 Å². The van der Waals surface area contributed by atoms with E-state index in [1.807, 2.05) is 31.3 Å². The maximum Gasteiger partial charge on any atom is 0.123 e. The van der Waals surface area contributed by atoms with Crippen LogP contribution in [0.2, 0.25) is 5.02 Å².